The largest absolute Gasteiger partial charge is 0.339 e. The van der Waals surface area contributed by atoms with Gasteiger partial charge in [-0.1, -0.05) is 0 Å². The monoisotopic (exact) mass is 490 g/mol. The summed E-state index contributed by atoms with van der Waals surface area (Å²) >= 11 is 1.17. The van der Waals surface area contributed by atoms with E-state index in [-0.39, 0.29) is 21.6 Å². The van der Waals surface area contributed by atoms with Gasteiger partial charge < -0.3 is 5.32 Å². The minimum atomic E-state index is -3.80. The number of benzene rings is 1. The molecule has 0 bridgehead atoms. The third-order valence-corrected chi connectivity index (χ3v) is 7.93. The Morgan fingerprint density at radius 2 is 1.72 bits per heavy atom. The van der Waals surface area contributed by atoms with Crippen molar-refractivity contribution in [3.63, 3.8) is 0 Å². The van der Waals surface area contributed by atoms with Crippen molar-refractivity contribution < 1.29 is 16.8 Å². The molecule has 0 fully saturated rings. The molecule has 1 aromatic carbocycles. The zero-order chi connectivity index (χ0) is 22.8. The second-order valence-electron chi connectivity index (χ2n) is 6.72. The molecule has 32 heavy (non-hydrogen) atoms. The number of sulfonamides is 1. The second-order valence-corrected chi connectivity index (χ2v) is 11.1. The van der Waals surface area contributed by atoms with Gasteiger partial charge in [0.05, 0.1) is 16.3 Å². The van der Waals surface area contributed by atoms with E-state index in [9.17, 15) is 16.8 Å². The first kappa shape index (κ1) is 21.9. The molecule has 0 unspecified atom stereocenters. The molecule has 13 heteroatoms. The molecular formula is C19H18N6O4S3. The molecule has 0 atom stereocenters. The molecule has 0 aliphatic rings. The lowest BCUT2D eigenvalue weighted by molar-refractivity contribution is 0.579. The standard InChI is InChI=1S/C19H18N6O4S3/c1-14-12-18(25(23-14)31(26,27)13-15-6-8-20-9-7-15)22-16-2-4-17(5-3-16)32(28,29)24-19-21-10-11-30-19/h2-12,22H,13H2,1H3,(H,21,24). The van der Waals surface area contributed by atoms with Crippen molar-refractivity contribution in [2.75, 3.05) is 10.0 Å². The van der Waals surface area contributed by atoms with Crippen LogP contribution in [0.1, 0.15) is 11.3 Å². The Morgan fingerprint density at radius 1 is 1.00 bits per heavy atom. The number of nitrogens with one attached hydrogen (secondary N) is 2. The van der Waals surface area contributed by atoms with Crippen molar-refractivity contribution in [3.05, 3.63) is 77.7 Å². The lowest BCUT2D eigenvalue weighted by Gasteiger charge is -2.11. The zero-order valence-corrected chi connectivity index (χ0v) is 19.2. The van der Waals surface area contributed by atoms with Crippen LogP contribution in [0.5, 0.6) is 0 Å². The molecule has 0 spiro atoms. The quantitative estimate of drug-likeness (QED) is 0.385. The number of thiazole rings is 1. The summed E-state index contributed by atoms with van der Waals surface area (Å²) in [5, 5.41) is 9.04. The summed E-state index contributed by atoms with van der Waals surface area (Å²) in [4.78, 5) is 7.85. The number of anilines is 3. The molecule has 0 saturated heterocycles. The first-order chi connectivity index (χ1) is 15.2. The third-order valence-electron chi connectivity index (χ3n) is 4.25. The first-order valence-electron chi connectivity index (χ1n) is 9.21. The molecule has 3 aromatic heterocycles. The van der Waals surface area contributed by atoms with Crippen LogP contribution in [0, 0.1) is 6.92 Å². The lowest BCUT2D eigenvalue weighted by Crippen LogP contribution is -2.18. The Hall–Kier alpha value is -3.29. The van der Waals surface area contributed by atoms with Gasteiger partial charge in [-0.25, -0.2) is 21.8 Å². The Morgan fingerprint density at radius 3 is 2.38 bits per heavy atom. The van der Waals surface area contributed by atoms with Gasteiger partial charge in [-0.15, -0.1) is 15.4 Å². The minimum absolute atomic E-state index is 0.0493. The summed E-state index contributed by atoms with van der Waals surface area (Å²) in [6, 6.07) is 10.8. The maximum atomic E-state index is 12.9. The van der Waals surface area contributed by atoms with Crippen LogP contribution in [-0.2, 0) is 25.8 Å². The maximum Gasteiger partial charge on any atom is 0.263 e. The fourth-order valence-corrected chi connectivity index (χ4v) is 6.01. The SMILES string of the molecule is Cc1cc(Nc2ccc(S(=O)(=O)Nc3nccs3)cc2)n(S(=O)(=O)Cc2ccncc2)n1. The minimum Gasteiger partial charge on any atom is -0.339 e. The Labute approximate surface area is 189 Å². The maximum absolute atomic E-state index is 12.9. The smallest absolute Gasteiger partial charge is 0.263 e. The van der Waals surface area contributed by atoms with Gasteiger partial charge in [0.1, 0.15) is 5.82 Å². The van der Waals surface area contributed by atoms with Crippen molar-refractivity contribution in [1.29, 1.82) is 0 Å². The summed E-state index contributed by atoms with van der Waals surface area (Å²) < 4.78 is 54.1. The van der Waals surface area contributed by atoms with Crippen LogP contribution in [-0.4, -0.2) is 36.0 Å². The molecule has 0 radical (unpaired) electrons. The van der Waals surface area contributed by atoms with Gasteiger partial charge in [0.15, 0.2) is 5.13 Å². The summed E-state index contributed by atoms with van der Waals surface area (Å²) in [5.74, 6) is -0.00153. The van der Waals surface area contributed by atoms with Gasteiger partial charge in [0.2, 0.25) is 0 Å². The lowest BCUT2D eigenvalue weighted by atomic mass is 10.3. The molecule has 0 saturated carbocycles. The van der Waals surface area contributed by atoms with Crippen LogP contribution in [0.25, 0.3) is 0 Å². The van der Waals surface area contributed by atoms with E-state index in [0.29, 0.717) is 16.9 Å². The summed E-state index contributed by atoms with van der Waals surface area (Å²) in [7, 11) is -7.58. The summed E-state index contributed by atoms with van der Waals surface area (Å²) in [6.07, 6.45) is 4.55. The predicted octanol–water partition coefficient (Wildman–Crippen LogP) is 2.97. The van der Waals surface area contributed by atoms with Gasteiger partial charge in [-0.3, -0.25) is 9.71 Å². The fraction of sp³-hybridized carbons (Fsp3) is 0.105. The number of aryl methyl sites for hydroxylation is 1. The van der Waals surface area contributed by atoms with E-state index in [1.54, 1.807) is 42.6 Å². The molecule has 3 heterocycles. The van der Waals surface area contributed by atoms with E-state index < -0.39 is 20.0 Å². The van der Waals surface area contributed by atoms with Gasteiger partial charge >= 0.3 is 0 Å². The van der Waals surface area contributed by atoms with Gasteiger partial charge in [-0.2, -0.15) is 5.10 Å². The van der Waals surface area contributed by atoms with E-state index >= 15 is 0 Å². The molecule has 166 valence electrons. The van der Waals surface area contributed by atoms with Crippen molar-refractivity contribution in [1.82, 2.24) is 19.2 Å². The molecule has 2 N–H and O–H groups in total. The van der Waals surface area contributed by atoms with Crippen LogP contribution in [0.15, 0.2) is 71.3 Å². The number of hydrogen-bond acceptors (Lipinski definition) is 9. The van der Waals surface area contributed by atoms with E-state index in [1.807, 2.05) is 0 Å². The topological polar surface area (TPSA) is 136 Å². The molecule has 0 amide bonds. The molecule has 0 aliphatic heterocycles. The van der Waals surface area contributed by atoms with E-state index in [0.717, 1.165) is 4.09 Å². The number of hydrogen-bond donors (Lipinski definition) is 2. The van der Waals surface area contributed by atoms with Crippen molar-refractivity contribution >= 4 is 48.0 Å². The van der Waals surface area contributed by atoms with Crippen molar-refractivity contribution in [2.24, 2.45) is 0 Å². The third kappa shape index (κ3) is 4.95. The van der Waals surface area contributed by atoms with E-state index in [2.05, 4.69) is 25.1 Å². The predicted molar refractivity (Wildman–Crippen MR) is 122 cm³/mol. The Balaban J connectivity index is 1.55. The van der Waals surface area contributed by atoms with Gasteiger partial charge in [0.25, 0.3) is 20.0 Å². The van der Waals surface area contributed by atoms with Crippen LogP contribution in [0.4, 0.5) is 16.6 Å². The van der Waals surface area contributed by atoms with Crippen LogP contribution in [0.3, 0.4) is 0 Å². The Kier molecular flexibility index (Phi) is 5.95. The number of nitrogens with zero attached hydrogens (tertiary/aromatic N) is 4. The van der Waals surface area contributed by atoms with Gasteiger partial charge in [-0.05, 0) is 48.9 Å². The van der Waals surface area contributed by atoms with Crippen LogP contribution in [0.2, 0.25) is 0 Å². The fourth-order valence-electron chi connectivity index (χ4n) is 2.84. The van der Waals surface area contributed by atoms with Crippen LogP contribution < -0.4 is 10.0 Å². The van der Waals surface area contributed by atoms with Gasteiger partial charge in [0, 0.05) is 35.7 Å². The average molecular weight is 491 g/mol. The normalized spacial score (nSPS) is 11.9. The highest BCUT2D eigenvalue weighted by molar-refractivity contribution is 7.93. The highest BCUT2D eigenvalue weighted by atomic mass is 32.2. The molecular weight excluding hydrogens is 472 g/mol. The first-order valence-corrected chi connectivity index (χ1v) is 13.2. The molecule has 4 rings (SSSR count). The Bertz CT molecular complexity index is 1420. The number of pyridine rings is 1. The highest BCUT2D eigenvalue weighted by Crippen LogP contribution is 2.24. The molecule has 0 aliphatic carbocycles. The van der Waals surface area contributed by atoms with Crippen LogP contribution >= 0.6 is 11.3 Å². The number of aromatic nitrogens is 4. The average Bonchev–Trinajstić information content (AvgIpc) is 3.38. The summed E-state index contributed by atoms with van der Waals surface area (Å²) in [5.41, 5.74) is 1.59. The number of rotatable bonds is 8. The molecule has 10 nitrogen and oxygen atoms in total. The second kappa shape index (κ2) is 8.68. The van der Waals surface area contributed by atoms with E-state index in [4.69, 9.17) is 0 Å². The van der Waals surface area contributed by atoms with Crippen molar-refractivity contribution in [3.8, 4) is 0 Å². The highest BCUT2D eigenvalue weighted by Gasteiger charge is 2.21. The van der Waals surface area contributed by atoms with E-state index in [1.165, 1.54) is 42.1 Å². The molecule has 4 aromatic rings. The zero-order valence-electron chi connectivity index (χ0n) is 16.7. The summed E-state index contributed by atoms with van der Waals surface area (Å²) in [6.45, 7) is 1.68. The van der Waals surface area contributed by atoms with Crippen molar-refractivity contribution in [2.45, 2.75) is 17.6 Å².